The Balaban J connectivity index is 5.07. The van der Waals surface area contributed by atoms with E-state index in [1.807, 2.05) is 12.2 Å². The number of hydrogen-bond acceptors (Lipinski definition) is 1. The van der Waals surface area contributed by atoms with Gasteiger partial charge in [-0.2, -0.15) is 0 Å². The van der Waals surface area contributed by atoms with Crippen molar-refractivity contribution >= 4 is 8.32 Å². The van der Waals surface area contributed by atoms with Crippen molar-refractivity contribution in [3.8, 4) is 0 Å². The molecule has 0 bridgehead atoms. The van der Waals surface area contributed by atoms with E-state index in [-0.39, 0.29) is 10.5 Å². The summed E-state index contributed by atoms with van der Waals surface area (Å²) < 4.78 is 6.34. The van der Waals surface area contributed by atoms with Gasteiger partial charge in [-0.25, -0.2) is 0 Å². The van der Waals surface area contributed by atoms with Gasteiger partial charge in [0.2, 0.25) is 8.32 Å². The molecule has 1 nitrogen and oxygen atoms in total. The highest BCUT2D eigenvalue weighted by molar-refractivity contribution is 6.74. The van der Waals surface area contributed by atoms with Gasteiger partial charge in [0.1, 0.15) is 0 Å². The van der Waals surface area contributed by atoms with E-state index in [0.29, 0.717) is 0 Å². The average Bonchev–Trinajstić information content (AvgIpc) is 1.99. The number of allylic oxidation sites excluding steroid dienone is 3. The fourth-order valence-electron chi connectivity index (χ4n) is 0.972. The quantitative estimate of drug-likeness (QED) is 0.378. The molecule has 2 heteroatoms. The zero-order chi connectivity index (χ0) is 13.2. The van der Waals surface area contributed by atoms with Gasteiger partial charge in [0.05, 0.1) is 5.76 Å². The predicted molar refractivity (Wildman–Crippen MR) is 76.0 cm³/mol. The molecule has 0 aromatic rings. The lowest BCUT2D eigenvalue weighted by Crippen LogP contribution is -2.41. The summed E-state index contributed by atoms with van der Waals surface area (Å²) in [5.74, 6) is 1.05. The summed E-state index contributed by atoms with van der Waals surface area (Å²) in [6, 6.07) is 0. The van der Waals surface area contributed by atoms with Crippen LogP contribution in [0.2, 0.25) is 18.1 Å². The molecule has 0 N–H and O–H groups in total. The monoisotopic (exact) mass is 240 g/mol. The first kappa shape index (κ1) is 15.5. The fourth-order valence-corrected chi connectivity index (χ4v) is 2.20. The maximum absolute atomic E-state index is 6.34. The van der Waals surface area contributed by atoms with Crippen LogP contribution in [-0.4, -0.2) is 8.32 Å². The van der Waals surface area contributed by atoms with Gasteiger partial charge in [0.25, 0.3) is 0 Å². The van der Waals surface area contributed by atoms with Crippen LogP contribution < -0.4 is 0 Å². The van der Waals surface area contributed by atoms with Crippen molar-refractivity contribution in [2.75, 3.05) is 0 Å². The first-order valence-electron chi connectivity index (χ1n) is 5.94. The molecule has 0 aromatic carbocycles. The molecule has 0 unspecified atom stereocenters. The average molecular weight is 240 g/mol. The van der Waals surface area contributed by atoms with Crippen LogP contribution in [0, 0.1) is 5.41 Å². The van der Waals surface area contributed by atoms with E-state index in [4.69, 9.17) is 4.43 Å². The van der Waals surface area contributed by atoms with Crippen molar-refractivity contribution in [1.29, 1.82) is 0 Å². The van der Waals surface area contributed by atoms with Gasteiger partial charge in [-0.05, 0) is 24.2 Å². The van der Waals surface area contributed by atoms with E-state index < -0.39 is 8.32 Å². The van der Waals surface area contributed by atoms with Gasteiger partial charge in [0.15, 0.2) is 0 Å². The Bertz CT molecular complexity index is 274. The lowest BCUT2D eigenvalue weighted by Gasteiger charge is -2.40. The fraction of sp³-hybridized carbons (Fsp3) is 0.714. The van der Waals surface area contributed by atoms with Gasteiger partial charge in [-0.15, -0.1) is 0 Å². The van der Waals surface area contributed by atoms with E-state index in [2.05, 4.69) is 61.2 Å². The highest BCUT2D eigenvalue weighted by atomic mass is 28.4. The van der Waals surface area contributed by atoms with Crippen LogP contribution in [-0.2, 0) is 4.43 Å². The van der Waals surface area contributed by atoms with Crippen molar-refractivity contribution in [3.05, 3.63) is 24.5 Å². The molecular weight excluding hydrogens is 212 g/mol. The largest absolute Gasteiger partial charge is 0.546 e. The Morgan fingerprint density at radius 1 is 1.06 bits per heavy atom. The van der Waals surface area contributed by atoms with Crippen LogP contribution in [0.1, 0.15) is 41.5 Å². The zero-order valence-electron chi connectivity index (χ0n) is 12.3. The first-order valence-corrected chi connectivity index (χ1v) is 8.85. The Kier molecular flexibility index (Phi) is 4.63. The Morgan fingerprint density at radius 3 is 1.75 bits per heavy atom. The predicted octanol–water partition coefficient (Wildman–Crippen LogP) is 5.12. The number of rotatable bonds is 3. The molecule has 0 aliphatic rings. The third-order valence-electron chi connectivity index (χ3n) is 3.18. The third-order valence-corrected chi connectivity index (χ3v) is 7.52. The lowest BCUT2D eigenvalue weighted by atomic mass is 9.94. The normalized spacial score (nSPS) is 14.9. The highest BCUT2D eigenvalue weighted by Gasteiger charge is 2.40. The Labute approximate surface area is 103 Å². The summed E-state index contributed by atoms with van der Waals surface area (Å²) in [4.78, 5) is 0. The molecule has 0 aromatic heterocycles. The molecule has 0 amide bonds. The summed E-state index contributed by atoms with van der Waals surface area (Å²) in [5.41, 5.74) is 0.0453. The minimum absolute atomic E-state index is 0.0453. The molecule has 0 fully saturated rings. The third kappa shape index (κ3) is 4.16. The van der Waals surface area contributed by atoms with Crippen molar-refractivity contribution in [3.63, 3.8) is 0 Å². The number of hydrogen-bond donors (Lipinski definition) is 0. The van der Waals surface area contributed by atoms with E-state index in [0.717, 1.165) is 5.76 Å². The summed E-state index contributed by atoms with van der Waals surface area (Å²) in [7, 11) is -1.73. The minimum Gasteiger partial charge on any atom is -0.546 e. The van der Waals surface area contributed by atoms with Gasteiger partial charge < -0.3 is 4.43 Å². The summed E-state index contributed by atoms with van der Waals surface area (Å²) >= 11 is 0. The Morgan fingerprint density at radius 2 is 1.50 bits per heavy atom. The molecule has 0 rings (SSSR count). The molecule has 0 spiro atoms. The van der Waals surface area contributed by atoms with Crippen LogP contribution in [0.5, 0.6) is 0 Å². The molecule has 16 heavy (non-hydrogen) atoms. The minimum atomic E-state index is -1.73. The zero-order valence-corrected chi connectivity index (χ0v) is 13.3. The molecule has 94 valence electrons. The summed E-state index contributed by atoms with van der Waals surface area (Å²) in [6.07, 6.45) is 3.81. The standard InChI is InChI=1S/C14H28OSi/c1-10-11-12(13(2,3)4)15-16(8,9)14(5,6)7/h10-11H,1H2,2-9H3/b12-11+. The smallest absolute Gasteiger partial charge is 0.250 e. The second-order valence-electron chi connectivity index (χ2n) is 6.88. The summed E-state index contributed by atoms with van der Waals surface area (Å²) in [5, 5.41) is 0.235. The molecule has 0 radical (unpaired) electrons. The Hall–Kier alpha value is -0.503. The molecule has 0 saturated carbocycles. The first-order chi connectivity index (χ1) is 6.92. The molecule has 0 heterocycles. The molecule has 0 saturated heterocycles. The summed E-state index contributed by atoms with van der Waals surface area (Å²) in [6.45, 7) is 21.6. The SMILES string of the molecule is C=C/C=C(/O[Si](C)(C)C(C)(C)C)C(C)(C)C. The second kappa shape index (κ2) is 4.78. The van der Waals surface area contributed by atoms with Crippen LogP contribution >= 0.6 is 0 Å². The van der Waals surface area contributed by atoms with Crippen LogP contribution in [0.4, 0.5) is 0 Å². The van der Waals surface area contributed by atoms with Crippen LogP contribution in [0.25, 0.3) is 0 Å². The van der Waals surface area contributed by atoms with Crippen LogP contribution in [0.15, 0.2) is 24.5 Å². The van der Waals surface area contributed by atoms with Gasteiger partial charge in [-0.1, -0.05) is 54.2 Å². The molecule has 0 aliphatic heterocycles. The van der Waals surface area contributed by atoms with Crippen molar-refractivity contribution in [2.24, 2.45) is 5.41 Å². The maximum atomic E-state index is 6.34. The maximum Gasteiger partial charge on any atom is 0.250 e. The lowest BCUT2D eigenvalue weighted by molar-refractivity contribution is 0.274. The van der Waals surface area contributed by atoms with Gasteiger partial charge in [-0.3, -0.25) is 0 Å². The van der Waals surface area contributed by atoms with E-state index >= 15 is 0 Å². The second-order valence-corrected chi connectivity index (χ2v) is 11.6. The molecular formula is C14H28OSi. The van der Waals surface area contributed by atoms with Crippen molar-refractivity contribution < 1.29 is 4.43 Å². The topological polar surface area (TPSA) is 9.23 Å². The van der Waals surface area contributed by atoms with Gasteiger partial charge in [0, 0.05) is 5.41 Å². The highest BCUT2D eigenvalue weighted by Crippen LogP contribution is 2.40. The van der Waals surface area contributed by atoms with E-state index in [9.17, 15) is 0 Å². The van der Waals surface area contributed by atoms with E-state index in [1.165, 1.54) is 0 Å². The van der Waals surface area contributed by atoms with E-state index in [1.54, 1.807) is 0 Å². The van der Waals surface area contributed by atoms with Crippen molar-refractivity contribution in [1.82, 2.24) is 0 Å². The van der Waals surface area contributed by atoms with Crippen LogP contribution in [0.3, 0.4) is 0 Å². The van der Waals surface area contributed by atoms with Gasteiger partial charge >= 0.3 is 0 Å². The molecule has 0 atom stereocenters. The van der Waals surface area contributed by atoms with Crippen molar-refractivity contribution in [2.45, 2.75) is 59.7 Å². The molecule has 0 aliphatic carbocycles.